The first-order chi connectivity index (χ1) is 13.7. The van der Waals surface area contributed by atoms with Gasteiger partial charge in [0.2, 0.25) is 5.91 Å². The number of benzene rings is 2. The van der Waals surface area contributed by atoms with Gasteiger partial charge in [-0.25, -0.2) is 15.0 Å². The van der Waals surface area contributed by atoms with E-state index in [1.54, 1.807) is 36.4 Å². The normalized spacial score (nSPS) is 10.6. The summed E-state index contributed by atoms with van der Waals surface area (Å²) in [6, 6.07) is 16.3. The molecule has 2 aromatic heterocycles. The predicted molar refractivity (Wildman–Crippen MR) is 103 cm³/mol. The Kier molecular flexibility index (Phi) is 4.75. The van der Waals surface area contributed by atoms with E-state index < -0.39 is 0 Å². The van der Waals surface area contributed by atoms with Crippen LogP contribution in [0.2, 0.25) is 0 Å². The van der Waals surface area contributed by atoms with E-state index in [-0.39, 0.29) is 24.0 Å². The van der Waals surface area contributed by atoms with Crippen LogP contribution in [0.1, 0.15) is 0 Å². The number of rotatable bonds is 5. The lowest BCUT2D eigenvalue weighted by molar-refractivity contribution is -0.116. The number of amides is 1. The molecule has 0 aliphatic carbocycles. The van der Waals surface area contributed by atoms with Crippen LogP contribution in [0, 0.1) is 0 Å². The number of nitrogens with zero attached hydrogens (tertiary/aromatic N) is 4. The Balaban J connectivity index is 1.43. The third kappa shape index (κ3) is 3.85. The Hall–Kier alpha value is -4.07. The Morgan fingerprint density at radius 1 is 0.964 bits per heavy atom. The van der Waals surface area contributed by atoms with Crippen LogP contribution >= 0.6 is 0 Å². The van der Waals surface area contributed by atoms with Gasteiger partial charge in [-0.2, -0.15) is 0 Å². The molecule has 138 valence electrons. The molecule has 0 atom stereocenters. The standard InChI is InChI=1S/C20H15N5O3/c26-18(12-25-13-23-17-9-5-4-8-16(17)19(25)27)24-14-10-21-20(22-11-14)28-15-6-2-1-3-7-15/h1-11,13H,12H2,(H,24,26). The zero-order valence-electron chi connectivity index (χ0n) is 14.6. The molecule has 0 unspecified atom stereocenters. The van der Waals surface area contributed by atoms with Crippen molar-refractivity contribution in [3.05, 3.63) is 83.7 Å². The number of hydrogen-bond donors (Lipinski definition) is 1. The molecule has 0 aliphatic rings. The van der Waals surface area contributed by atoms with Crippen molar-refractivity contribution < 1.29 is 9.53 Å². The summed E-state index contributed by atoms with van der Waals surface area (Å²) >= 11 is 0. The van der Waals surface area contributed by atoms with Crippen molar-refractivity contribution in [1.29, 1.82) is 0 Å². The zero-order valence-corrected chi connectivity index (χ0v) is 14.6. The minimum atomic E-state index is -0.389. The molecule has 8 heteroatoms. The quantitative estimate of drug-likeness (QED) is 0.577. The molecule has 8 nitrogen and oxygen atoms in total. The SMILES string of the molecule is O=C(Cn1cnc2ccccc2c1=O)Nc1cnc(Oc2ccccc2)nc1. The highest BCUT2D eigenvalue weighted by Crippen LogP contribution is 2.17. The van der Waals surface area contributed by atoms with Crippen LogP contribution in [0.15, 0.2) is 78.1 Å². The third-order valence-corrected chi connectivity index (χ3v) is 3.91. The predicted octanol–water partition coefficient (Wildman–Crippen LogP) is 2.62. The van der Waals surface area contributed by atoms with Crippen molar-refractivity contribution in [1.82, 2.24) is 19.5 Å². The maximum absolute atomic E-state index is 12.4. The largest absolute Gasteiger partial charge is 0.424 e. The van der Waals surface area contributed by atoms with Gasteiger partial charge in [0.15, 0.2) is 0 Å². The molecule has 4 aromatic rings. The second-order valence-electron chi connectivity index (χ2n) is 5.91. The average Bonchev–Trinajstić information content (AvgIpc) is 2.72. The molecule has 1 amide bonds. The summed E-state index contributed by atoms with van der Waals surface area (Å²) in [5.41, 5.74) is 0.711. The van der Waals surface area contributed by atoms with Gasteiger partial charge < -0.3 is 10.1 Å². The summed E-state index contributed by atoms with van der Waals surface area (Å²) in [6.45, 7) is -0.168. The number of hydrogen-bond acceptors (Lipinski definition) is 6. The van der Waals surface area contributed by atoms with Crippen molar-refractivity contribution in [2.75, 3.05) is 5.32 Å². The van der Waals surface area contributed by atoms with E-state index in [0.29, 0.717) is 22.3 Å². The monoisotopic (exact) mass is 373 g/mol. The van der Waals surface area contributed by atoms with Crippen molar-refractivity contribution in [3.8, 4) is 11.8 Å². The lowest BCUT2D eigenvalue weighted by Gasteiger charge is -2.08. The number of aromatic nitrogens is 4. The number of ether oxygens (including phenoxy) is 1. The number of carbonyl (C=O) groups is 1. The highest BCUT2D eigenvalue weighted by molar-refractivity contribution is 5.90. The average molecular weight is 373 g/mol. The minimum absolute atomic E-state index is 0.166. The molecule has 2 aromatic carbocycles. The molecule has 28 heavy (non-hydrogen) atoms. The Labute approximate surface area is 159 Å². The third-order valence-electron chi connectivity index (χ3n) is 3.91. The van der Waals surface area contributed by atoms with Crippen LogP contribution in [-0.2, 0) is 11.3 Å². The smallest absolute Gasteiger partial charge is 0.322 e. The summed E-state index contributed by atoms with van der Waals surface area (Å²) in [4.78, 5) is 37.0. The lowest BCUT2D eigenvalue weighted by Crippen LogP contribution is -2.27. The van der Waals surface area contributed by atoms with E-state index in [0.717, 1.165) is 0 Å². The number of carbonyl (C=O) groups excluding carboxylic acids is 1. The number of para-hydroxylation sites is 2. The van der Waals surface area contributed by atoms with Crippen molar-refractivity contribution in [2.24, 2.45) is 0 Å². The maximum atomic E-state index is 12.4. The molecule has 0 fully saturated rings. The Morgan fingerprint density at radius 2 is 1.68 bits per heavy atom. The van der Waals surface area contributed by atoms with E-state index in [1.807, 2.05) is 18.2 Å². The van der Waals surface area contributed by atoms with Crippen LogP contribution in [-0.4, -0.2) is 25.4 Å². The van der Waals surface area contributed by atoms with Crippen molar-refractivity contribution in [3.63, 3.8) is 0 Å². The van der Waals surface area contributed by atoms with Gasteiger partial charge in [0.1, 0.15) is 12.3 Å². The summed E-state index contributed by atoms with van der Waals surface area (Å²) in [6.07, 6.45) is 4.23. The molecule has 0 saturated heterocycles. The number of anilines is 1. The fraction of sp³-hybridized carbons (Fsp3) is 0.0500. The first-order valence-corrected chi connectivity index (χ1v) is 8.48. The summed E-state index contributed by atoms with van der Waals surface area (Å²) < 4.78 is 6.76. The van der Waals surface area contributed by atoms with Crippen LogP contribution in [0.3, 0.4) is 0 Å². The van der Waals surface area contributed by atoms with E-state index in [1.165, 1.54) is 23.3 Å². The van der Waals surface area contributed by atoms with Crippen LogP contribution in [0.5, 0.6) is 11.8 Å². The maximum Gasteiger partial charge on any atom is 0.322 e. The van der Waals surface area contributed by atoms with Gasteiger partial charge >= 0.3 is 6.01 Å². The molecule has 4 rings (SSSR count). The molecular formula is C20H15N5O3. The number of fused-ring (bicyclic) bond motifs is 1. The summed E-state index contributed by atoms with van der Waals surface area (Å²) in [5, 5.41) is 3.11. The molecular weight excluding hydrogens is 358 g/mol. The first kappa shape index (κ1) is 17.3. The fourth-order valence-corrected chi connectivity index (χ4v) is 2.60. The summed E-state index contributed by atoms with van der Waals surface area (Å²) in [7, 11) is 0. The fourth-order valence-electron chi connectivity index (χ4n) is 2.60. The second kappa shape index (κ2) is 7.67. The van der Waals surface area contributed by atoms with Crippen molar-refractivity contribution >= 4 is 22.5 Å². The van der Waals surface area contributed by atoms with Gasteiger partial charge in [0.05, 0.1) is 35.3 Å². The molecule has 0 radical (unpaired) electrons. The highest BCUT2D eigenvalue weighted by atomic mass is 16.5. The summed E-state index contributed by atoms with van der Waals surface area (Å²) in [5.74, 6) is 0.224. The minimum Gasteiger partial charge on any atom is -0.424 e. The van der Waals surface area contributed by atoms with E-state index in [2.05, 4.69) is 20.3 Å². The van der Waals surface area contributed by atoms with Crippen LogP contribution in [0.4, 0.5) is 5.69 Å². The second-order valence-corrected chi connectivity index (χ2v) is 5.91. The van der Waals surface area contributed by atoms with Crippen molar-refractivity contribution in [2.45, 2.75) is 6.54 Å². The van der Waals surface area contributed by atoms with Gasteiger partial charge in [-0.1, -0.05) is 30.3 Å². The van der Waals surface area contributed by atoms with Gasteiger partial charge in [-0.15, -0.1) is 0 Å². The van der Waals surface area contributed by atoms with Gasteiger partial charge in [-0.05, 0) is 24.3 Å². The topological polar surface area (TPSA) is 99.0 Å². The molecule has 0 aliphatic heterocycles. The van der Waals surface area contributed by atoms with Crippen LogP contribution in [0.25, 0.3) is 10.9 Å². The molecule has 0 saturated carbocycles. The Bertz CT molecular complexity index is 1170. The van der Waals surface area contributed by atoms with E-state index in [4.69, 9.17) is 4.74 Å². The van der Waals surface area contributed by atoms with Gasteiger partial charge in [0, 0.05) is 0 Å². The molecule has 0 spiro atoms. The highest BCUT2D eigenvalue weighted by Gasteiger charge is 2.09. The number of nitrogens with one attached hydrogen (secondary N) is 1. The Morgan fingerprint density at radius 3 is 2.46 bits per heavy atom. The molecule has 1 N–H and O–H groups in total. The lowest BCUT2D eigenvalue weighted by atomic mass is 10.2. The first-order valence-electron chi connectivity index (χ1n) is 8.48. The molecule has 0 bridgehead atoms. The van der Waals surface area contributed by atoms with Gasteiger partial charge in [-0.3, -0.25) is 14.2 Å². The van der Waals surface area contributed by atoms with Crippen LogP contribution < -0.4 is 15.6 Å². The molecule has 2 heterocycles. The van der Waals surface area contributed by atoms with Gasteiger partial charge in [0.25, 0.3) is 5.56 Å². The van der Waals surface area contributed by atoms with E-state index in [9.17, 15) is 9.59 Å². The zero-order chi connectivity index (χ0) is 19.3. The van der Waals surface area contributed by atoms with E-state index >= 15 is 0 Å².